The first kappa shape index (κ1) is 21.3. The van der Waals surface area contributed by atoms with Crippen molar-refractivity contribution in [2.75, 3.05) is 18.6 Å². The summed E-state index contributed by atoms with van der Waals surface area (Å²) in [6.07, 6.45) is 4.73. The van der Waals surface area contributed by atoms with Crippen LogP contribution in [0.3, 0.4) is 0 Å². The molecule has 4 rings (SSSR count). The van der Waals surface area contributed by atoms with E-state index in [1.807, 2.05) is 36.4 Å². The highest BCUT2D eigenvalue weighted by atomic mass is 79.9. The van der Waals surface area contributed by atoms with E-state index in [4.69, 9.17) is 9.72 Å². The molecular formula is C24H24BrN3O3. The number of ether oxygens (including phenoxy) is 1. The first-order valence-electron chi connectivity index (χ1n) is 10.3. The lowest BCUT2D eigenvalue weighted by Gasteiger charge is -2.25. The SMILES string of the molecule is COc1ccc(CCc2nc(N3CCCC3c3cccc(Br)c3)ncc2C(=O)O)cc1. The Hall–Kier alpha value is -2.93. The number of carboxylic acids is 1. The number of benzene rings is 2. The maximum atomic E-state index is 11.8. The number of aromatic carboxylic acids is 1. The van der Waals surface area contributed by atoms with Gasteiger partial charge in [0.15, 0.2) is 0 Å². The van der Waals surface area contributed by atoms with Crippen molar-refractivity contribution < 1.29 is 14.6 Å². The van der Waals surface area contributed by atoms with Gasteiger partial charge in [0.25, 0.3) is 0 Å². The highest BCUT2D eigenvalue weighted by Crippen LogP contribution is 2.35. The van der Waals surface area contributed by atoms with Crippen LogP contribution in [-0.4, -0.2) is 34.7 Å². The van der Waals surface area contributed by atoms with Gasteiger partial charge in [-0.1, -0.05) is 40.2 Å². The zero-order valence-electron chi connectivity index (χ0n) is 17.3. The second-order valence-electron chi connectivity index (χ2n) is 7.59. The molecule has 6 nitrogen and oxygen atoms in total. The van der Waals surface area contributed by atoms with Crippen molar-refractivity contribution in [3.63, 3.8) is 0 Å². The van der Waals surface area contributed by atoms with Crippen molar-refractivity contribution in [1.29, 1.82) is 0 Å². The standard InChI is InChI=1S/C24H24BrN3O3/c1-31-19-10-7-16(8-11-19)9-12-21-20(23(29)30)15-26-24(27-21)28-13-3-6-22(28)17-4-2-5-18(25)14-17/h2,4-5,7-8,10-11,14-15,22H,3,6,9,12-13H2,1H3,(H,29,30). The lowest BCUT2D eigenvalue weighted by Crippen LogP contribution is -2.25. The minimum atomic E-state index is -0.999. The van der Waals surface area contributed by atoms with Crippen molar-refractivity contribution in [1.82, 2.24) is 9.97 Å². The third kappa shape index (κ3) is 4.88. The van der Waals surface area contributed by atoms with Gasteiger partial charge < -0.3 is 14.7 Å². The fourth-order valence-electron chi connectivity index (χ4n) is 4.04. The highest BCUT2D eigenvalue weighted by molar-refractivity contribution is 9.10. The molecule has 0 amide bonds. The molecule has 1 unspecified atom stereocenters. The molecule has 1 aliphatic heterocycles. The fraction of sp³-hybridized carbons (Fsp3) is 0.292. The number of aromatic nitrogens is 2. The van der Waals surface area contributed by atoms with Gasteiger partial charge in [-0.2, -0.15) is 0 Å². The summed E-state index contributed by atoms with van der Waals surface area (Å²) >= 11 is 3.55. The van der Waals surface area contributed by atoms with Crippen LogP contribution in [0.5, 0.6) is 5.75 Å². The molecule has 1 atom stereocenters. The summed E-state index contributed by atoms with van der Waals surface area (Å²) in [6, 6.07) is 16.3. The Labute approximate surface area is 190 Å². The van der Waals surface area contributed by atoms with Gasteiger partial charge in [0.2, 0.25) is 5.95 Å². The molecule has 0 saturated carbocycles. The predicted octanol–water partition coefficient (Wildman–Crippen LogP) is 5.07. The van der Waals surface area contributed by atoms with Crippen LogP contribution in [0.25, 0.3) is 0 Å². The number of carboxylic acid groups (broad SMARTS) is 1. The largest absolute Gasteiger partial charge is 0.497 e. The maximum absolute atomic E-state index is 11.8. The third-order valence-corrected chi connectivity index (χ3v) is 6.13. The van der Waals surface area contributed by atoms with Gasteiger partial charge in [-0.05, 0) is 61.1 Å². The molecule has 0 radical (unpaired) electrons. The first-order chi connectivity index (χ1) is 15.0. The molecule has 1 aliphatic rings. The van der Waals surface area contributed by atoms with E-state index in [0.29, 0.717) is 24.5 Å². The number of hydrogen-bond donors (Lipinski definition) is 1. The van der Waals surface area contributed by atoms with Crippen LogP contribution in [0.15, 0.2) is 59.2 Å². The fourth-order valence-corrected chi connectivity index (χ4v) is 4.45. The minimum absolute atomic E-state index is 0.162. The number of halogens is 1. The molecule has 1 aromatic heterocycles. The van der Waals surface area contributed by atoms with Gasteiger partial charge in [0, 0.05) is 17.2 Å². The molecule has 160 valence electrons. The van der Waals surface area contributed by atoms with Crippen LogP contribution in [0.4, 0.5) is 5.95 Å². The Morgan fingerprint density at radius 3 is 2.74 bits per heavy atom. The lowest BCUT2D eigenvalue weighted by atomic mass is 10.0. The molecule has 3 aromatic rings. The Morgan fingerprint density at radius 2 is 2.03 bits per heavy atom. The van der Waals surface area contributed by atoms with E-state index in [1.54, 1.807) is 7.11 Å². The van der Waals surface area contributed by atoms with Gasteiger partial charge in [-0.15, -0.1) is 0 Å². The van der Waals surface area contributed by atoms with Crippen LogP contribution >= 0.6 is 15.9 Å². The monoisotopic (exact) mass is 481 g/mol. The molecule has 1 saturated heterocycles. The smallest absolute Gasteiger partial charge is 0.339 e. The molecule has 1 fully saturated rings. The Kier molecular flexibility index (Phi) is 6.51. The zero-order chi connectivity index (χ0) is 21.8. The molecule has 0 aliphatic carbocycles. The van der Waals surface area contributed by atoms with E-state index in [-0.39, 0.29) is 11.6 Å². The maximum Gasteiger partial charge on any atom is 0.339 e. The summed E-state index contributed by atoms with van der Waals surface area (Å²) < 4.78 is 6.24. The number of hydrogen-bond acceptors (Lipinski definition) is 5. The Morgan fingerprint density at radius 1 is 1.23 bits per heavy atom. The van der Waals surface area contributed by atoms with E-state index in [0.717, 1.165) is 35.2 Å². The molecule has 2 aromatic carbocycles. The molecule has 7 heteroatoms. The van der Waals surface area contributed by atoms with E-state index < -0.39 is 5.97 Å². The highest BCUT2D eigenvalue weighted by Gasteiger charge is 2.29. The second kappa shape index (κ2) is 9.47. The number of rotatable bonds is 7. The molecule has 2 heterocycles. The average Bonchev–Trinajstić information content (AvgIpc) is 3.28. The van der Waals surface area contributed by atoms with Gasteiger partial charge in [-0.3, -0.25) is 0 Å². The number of anilines is 1. The van der Waals surface area contributed by atoms with Crippen LogP contribution in [0, 0.1) is 0 Å². The van der Waals surface area contributed by atoms with Crippen molar-refractivity contribution >= 4 is 27.8 Å². The average molecular weight is 482 g/mol. The van der Waals surface area contributed by atoms with Crippen molar-refractivity contribution in [2.24, 2.45) is 0 Å². The van der Waals surface area contributed by atoms with Gasteiger partial charge >= 0.3 is 5.97 Å². The quantitative estimate of drug-likeness (QED) is 0.507. The number of aryl methyl sites for hydroxylation is 2. The normalized spacial score (nSPS) is 15.8. The minimum Gasteiger partial charge on any atom is -0.497 e. The zero-order valence-corrected chi connectivity index (χ0v) is 18.9. The number of carbonyl (C=O) groups is 1. The van der Waals surface area contributed by atoms with E-state index in [9.17, 15) is 9.90 Å². The summed E-state index contributed by atoms with van der Waals surface area (Å²) in [6.45, 7) is 0.849. The predicted molar refractivity (Wildman–Crippen MR) is 123 cm³/mol. The lowest BCUT2D eigenvalue weighted by molar-refractivity contribution is 0.0694. The van der Waals surface area contributed by atoms with Crippen LogP contribution in [0.1, 0.15) is 46.1 Å². The molecular weight excluding hydrogens is 458 g/mol. The molecule has 0 spiro atoms. The summed E-state index contributed by atoms with van der Waals surface area (Å²) in [5, 5.41) is 9.63. The number of nitrogens with zero attached hydrogens (tertiary/aromatic N) is 3. The van der Waals surface area contributed by atoms with E-state index in [1.165, 1.54) is 11.8 Å². The third-order valence-electron chi connectivity index (χ3n) is 5.64. The second-order valence-corrected chi connectivity index (χ2v) is 8.51. The van der Waals surface area contributed by atoms with Gasteiger partial charge in [-0.25, -0.2) is 14.8 Å². The van der Waals surface area contributed by atoms with Crippen LogP contribution in [-0.2, 0) is 12.8 Å². The van der Waals surface area contributed by atoms with Crippen LogP contribution in [0.2, 0.25) is 0 Å². The van der Waals surface area contributed by atoms with E-state index >= 15 is 0 Å². The molecule has 1 N–H and O–H groups in total. The van der Waals surface area contributed by atoms with Crippen molar-refractivity contribution in [3.05, 3.63) is 81.6 Å². The van der Waals surface area contributed by atoms with Crippen molar-refractivity contribution in [2.45, 2.75) is 31.7 Å². The van der Waals surface area contributed by atoms with Gasteiger partial charge in [0.1, 0.15) is 5.75 Å². The molecule has 31 heavy (non-hydrogen) atoms. The number of methoxy groups -OCH3 is 1. The Bertz CT molecular complexity index is 1070. The van der Waals surface area contributed by atoms with Crippen LogP contribution < -0.4 is 9.64 Å². The summed E-state index contributed by atoms with van der Waals surface area (Å²) in [7, 11) is 1.64. The first-order valence-corrected chi connectivity index (χ1v) is 11.1. The summed E-state index contributed by atoms with van der Waals surface area (Å²) in [5.74, 6) is 0.394. The topological polar surface area (TPSA) is 75.5 Å². The van der Waals surface area contributed by atoms with Gasteiger partial charge in [0.05, 0.1) is 24.4 Å². The summed E-state index contributed by atoms with van der Waals surface area (Å²) in [5.41, 5.74) is 3.03. The summed E-state index contributed by atoms with van der Waals surface area (Å²) in [4.78, 5) is 23.1. The molecule has 0 bridgehead atoms. The van der Waals surface area contributed by atoms with Crippen molar-refractivity contribution in [3.8, 4) is 5.75 Å². The van der Waals surface area contributed by atoms with E-state index in [2.05, 4.69) is 37.9 Å². The Balaban J connectivity index is 1.59.